The Kier molecular flexibility index (Phi) is 6.07. The van der Waals surface area contributed by atoms with Crippen LogP contribution in [0.5, 0.6) is 0 Å². The van der Waals surface area contributed by atoms with Gasteiger partial charge in [-0.1, -0.05) is 13.0 Å². The second-order valence-corrected chi connectivity index (χ2v) is 10.9. The van der Waals surface area contributed by atoms with Crippen LogP contribution < -0.4 is 5.32 Å². The molecular formula is C26H27BrFN7O2. The van der Waals surface area contributed by atoms with Gasteiger partial charge < -0.3 is 15.0 Å². The summed E-state index contributed by atoms with van der Waals surface area (Å²) in [5.41, 5.74) is 0.972. The van der Waals surface area contributed by atoms with E-state index in [-0.39, 0.29) is 18.1 Å². The van der Waals surface area contributed by atoms with Crippen LogP contribution in [0.25, 0.3) is 27.6 Å². The summed E-state index contributed by atoms with van der Waals surface area (Å²) >= 11 is 3.48. The number of anilines is 1. The average molecular weight is 568 g/mol. The number of benzene rings is 1. The lowest BCUT2D eigenvalue weighted by Crippen LogP contribution is -2.41. The van der Waals surface area contributed by atoms with Crippen LogP contribution in [0.2, 0.25) is 0 Å². The van der Waals surface area contributed by atoms with E-state index >= 15 is 0 Å². The molecule has 1 unspecified atom stereocenters. The molecule has 37 heavy (non-hydrogen) atoms. The normalized spacial score (nSPS) is 23.8. The lowest BCUT2D eigenvalue weighted by Gasteiger charge is -2.29. The topological polar surface area (TPSA) is 98.1 Å². The highest BCUT2D eigenvalue weighted by molar-refractivity contribution is 9.10. The molecule has 0 radical (unpaired) electrons. The van der Waals surface area contributed by atoms with Crippen molar-refractivity contribution in [2.24, 2.45) is 5.41 Å². The van der Waals surface area contributed by atoms with Crippen molar-refractivity contribution in [2.75, 3.05) is 25.5 Å². The second kappa shape index (κ2) is 9.29. The van der Waals surface area contributed by atoms with E-state index in [2.05, 4.69) is 43.2 Å². The molecule has 0 bridgehead atoms. The van der Waals surface area contributed by atoms with Gasteiger partial charge in [0.2, 0.25) is 11.9 Å². The smallest absolute Gasteiger partial charge is 0.228 e. The molecule has 0 spiro atoms. The standard InChI is InChI=1S/C26H27BrFN7O2/c1-26(24(36)34-9-6-18(14-34)37-2)7-5-16(12-26)31-25-30-13-19-22(27)33-35(23(19)32-25)17-10-15-4-3-8-29-21(15)20(28)11-17/h3-4,8,10-11,13,16,18H,5-7,9,12,14H2,1-2H3,(H,30,31,32)/t16-,18?,26-/m1/s1. The summed E-state index contributed by atoms with van der Waals surface area (Å²) in [7, 11) is 1.70. The molecule has 192 valence electrons. The highest BCUT2D eigenvalue weighted by atomic mass is 79.9. The van der Waals surface area contributed by atoms with E-state index in [1.54, 1.807) is 30.3 Å². The largest absolute Gasteiger partial charge is 0.380 e. The number of fused-ring (bicyclic) bond motifs is 2. The Hall–Kier alpha value is -3.18. The number of amides is 1. The quantitative estimate of drug-likeness (QED) is 0.379. The minimum atomic E-state index is -0.426. The fourth-order valence-corrected chi connectivity index (χ4v) is 6.04. The van der Waals surface area contributed by atoms with Gasteiger partial charge in [0.25, 0.3) is 0 Å². The first-order valence-electron chi connectivity index (χ1n) is 12.4. The van der Waals surface area contributed by atoms with Gasteiger partial charge in [0.05, 0.1) is 17.2 Å². The zero-order valence-corrected chi connectivity index (χ0v) is 22.2. The van der Waals surface area contributed by atoms with Gasteiger partial charge in [0, 0.05) is 55.5 Å². The van der Waals surface area contributed by atoms with E-state index in [4.69, 9.17) is 9.72 Å². The molecule has 9 nitrogen and oxygen atoms in total. The maximum atomic E-state index is 14.8. The van der Waals surface area contributed by atoms with E-state index in [0.29, 0.717) is 51.1 Å². The van der Waals surface area contributed by atoms with E-state index in [0.717, 1.165) is 25.8 Å². The number of halogens is 2. The molecule has 1 amide bonds. The first-order chi connectivity index (χ1) is 17.8. The Bertz CT molecular complexity index is 1510. The summed E-state index contributed by atoms with van der Waals surface area (Å²) in [5.74, 6) is 0.221. The summed E-state index contributed by atoms with van der Waals surface area (Å²) in [4.78, 5) is 28.6. The first-order valence-corrected chi connectivity index (χ1v) is 13.2. The van der Waals surface area contributed by atoms with Crippen molar-refractivity contribution in [1.29, 1.82) is 0 Å². The van der Waals surface area contributed by atoms with Crippen LogP contribution in [-0.2, 0) is 9.53 Å². The molecule has 11 heteroatoms. The summed E-state index contributed by atoms with van der Waals surface area (Å²) < 4.78 is 22.4. The average Bonchev–Trinajstić information content (AvgIpc) is 3.61. The van der Waals surface area contributed by atoms with Gasteiger partial charge in [-0.2, -0.15) is 10.1 Å². The number of carbonyl (C=O) groups is 1. The molecule has 6 rings (SSSR count). The molecule has 4 heterocycles. The molecule has 1 N–H and O–H groups in total. The maximum absolute atomic E-state index is 14.8. The van der Waals surface area contributed by atoms with Gasteiger partial charge in [-0.15, -0.1) is 0 Å². The number of hydrogen-bond acceptors (Lipinski definition) is 7. The third-order valence-corrected chi connectivity index (χ3v) is 8.21. The number of nitrogens with zero attached hydrogens (tertiary/aromatic N) is 6. The summed E-state index contributed by atoms with van der Waals surface area (Å²) in [5, 5.41) is 9.35. The number of ether oxygens (including phenoxy) is 1. The first kappa shape index (κ1) is 24.2. The van der Waals surface area contributed by atoms with Gasteiger partial charge in [-0.3, -0.25) is 9.78 Å². The van der Waals surface area contributed by atoms with Crippen molar-refractivity contribution >= 4 is 49.7 Å². The zero-order chi connectivity index (χ0) is 25.7. The molecule has 1 aliphatic heterocycles. The van der Waals surface area contributed by atoms with E-state index in [9.17, 15) is 9.18 Å². The van der Waals surface area contributed by atoms with Crippen LogP contribution in [0.15, 0.2) is 41.3 Å². The fourth-order valence-electron chi connectivity index (χ4n) is 5.60. The Morgan fingerprint density at radius 1 is 1.30 bits per heavy atom. The van der Waals surface area contributed by atoms with Gasteiger partial charge >= 0.3 is 0 Å². The number of pyridine rings is 1. The van der Waals surface area contributed by atoms with Crippen LogP contribution in [0, 0.1) is 11.2 Å². The van der Waals surface area contributed by atoms with Crippen molar-refractivity contribution in [2.45, 2.75) is 44.8 Å². The molecule has 2 aliphatic rings. The maximum Gasteiger partial charge on any atom is 0.228 e. The number of methoxy groups -OCH3 is 1. The van der Waals surface area contributed by atoms with E-state index < -0.39 is 11.2 Å². The number of likely N-dealkylation sites (tertiary alicyclic amines) is 1. The number of aromatic nitrogens is 5. The number of hydrogen-bond donors (Lipinski definition) is 1. The molecule has 2 fully saturated rings. The van der Waals surface area contributed by atoms with Crippen molar-refractivity contribution in [3.8, 4) is 5.69 Å². The molecule has 3 atom stereocenters. The lowest BCUT2D eigenvalue weighted by atomic mass is 9.87. The third kappa shape index (κ3) is 4.33. The number of carbonyl (C=O) groups excluding carboxylic acids is 1. The molecular weight excluding hydrogens is 541 g/mol. The van der Waals surface area contributed by atoms with Gasteiger partial charge in [0.1, 0.15) is 10.1 Å². The molecule has 1 aromatic carbocycles. The molecule has 1 saturated heterocycles. The van der Waals surface area contributed by atoms with Gasteiger partial charge in [-0.05, 0) is 53.7 Å². The predicted octanol–water partition coefficient (Wildman–Crippen LogP) is 4.48. The predicted molar refractivity (Wildman–Crippen MR) is 141 cm³/mol. The zero-order valence-electron chi connectivity index (χ0n) is 20.6. The molecule has 1 saturated carbocycles. The molecule has 4 aromatic rings. The summed E-state index contributed by atoms with van der Waals surface area (Å²) in [6, 6.07) is 6.89. The van der Waals surface area contributed by atoms with Crippen LogP contribution in [-0.4, -0.2) is 67.9 Å². The summed E-state index contributed by atoms with van der Waals surface area (Å²) in [6.45, 7) is 3.46. The van der Waals surface area contributed by atoms with Crippen molar-refractivity contribution in [3.63, 3.8) is 0 Å². The van der Waals surface area contributed by atoms with Gasteiger partial charge in [0.15, 0.2) is 11.5 Å². The fraction of sp³-hybridized carbons (Fsp3) is 0.423. The van der Waals surface area contributed by atoms with Gasteiger partial charge in [-0.25, -0.2) is 14.1 Å². The minimum Gasteiger partial charge on any atom is -0.380 e. The SMILES string of the molecule is COC1CCN(C(=O)[C@]2(C)CC[C@@H](Nc3ncc4c(Br)nn(-c5cc(F)c6ncccc6c5)c4n3)C2)C1. The second-order valence-electron chi connectivity index (χ2n) is 10.2. The monoisotopic (exact) mass is 567 g/mol. The summed E-state index contributed by atoms with van der Waals surface area (Å²) in [6.07, 6.45) is 6.62. The van der Waals surface area contributed by atoms with Crippen molar-refractivity contribution in [3.05, 3.63) is 47.1 Å². The van der Waals surface area contributed by atoms with E-state index in [1.165, 1.54) is 6.07 Å². The van der Waals surface area contributed by atoms with Crippen LogP contribution in [0.4, 0.5) is 10.3 Å². The van der Waals surface area contributed by atoms with Crippen molar-refractivity contribution in [1.82, 2.24) is 29.6 Å². The minimum absolute atomic E-state index is 0.0659. The highest BCUT2D eigenvalue weighted by Crippen LogP contribution is 2.41. The van der Waals surface area contributed by atoms with Crippen LogP contribution in [0.1, 0.15) is 32.6 Å². The Morgan fingerprint density at radius 2 is 2.16 bits per heavy atom. The Morgan fingerprint density at radius 3 is 2.97 bits per heavy atom. The van der Waals surface area contributed by atoms with E-state index in [1.807, 2.05) is 17.0 Å². The van der Waals surface area contributed by atoms with Crippen LogP contribution >= 0.6 is 15.9 Å². The molecule has 1 aliphatic carbocycles. The third-order valence-electron chi connectivity index (χ3n) is 7.62. The highest BCUT2D eigenvalue weighted by Gasteiger charge is 2.45. The number of nitrogens with one attached hydrogen (secondary N) is 1. The Labute approximate surface area is 221 Å². The number of rotatable bonds is 5. The molecule has 3 aromatic heterocycles. The van der Waals surface area contributed by atoms with Crippen molar-refractivity contribution < 1.29 is 13.9 Å². The Balaban J connectivity index is 1.25. The van der Waals surface area contributed by atoms with Crippen LogP contribution in [0.3, 0.4) is 0 Å². The lowest BCUT2D eigenvalue weighted by molar-refractivity contribution is -0.140.